The smallest absolute Gasteiger partial charge is 0.231 e. The summed E-state index contributed by atoms with van der Waals surface area (Å²) in [6.07, 6.45) is 0.983. The number of ether oxygens (including phenoxy) is 2. The minimum atomic E-state index is -0.0565. The van der Waals surface area contributed by atoms with Gasteiger partial charge in [-0.1, -0.05) is 34.1 Å². The molecule has 1 aliphatic rings. The van der Waals surface area contributed by atoms with Crippen LogP contribution in [0.1, 0.15) is 17.7 Å². The number of benzene rings is 2. The Morgan fingerprint density at radius 3 is 2.71 bits per heavy atom. The molecule has 0 spiro atoms. The maximum absolute atomic E-state index is 12.6. The first-order chi connectivity index (χ1) is 13.5. The minimum Gasteiger partial charge on any atom is -0.454 e. The van der Waals surface area contributed by atoms with Gasteiger partial charge in [-0.05, 0) is 48.7 Å². The van der Waals surface area contributed by atoms with Crippen LogP contribution < -0.4 is 14.8 Å². The molecule has 0 radical (unpaired) electrons. The number of hydrogen-bond donors (Lipinski definition) is 1. The maximum atomic E-state index is 12.6. The molecule has 1 amide bonds. The van der Waals surface area contributed by atoms with Gasteiger partial charge in [0.2, 0.25) is 12.7 Å². The Morgan fingerprint density at radius 1 is 1.18 bits per heavy atom. The second-order valence-corrected chi connectivity index (χ2v) is 7.59. The Balaban J connectivity index is 1.48. The number of nitrogens with one attached hydrogen (secondary N) is 1. The van der Waals surface area contributed by atoms with Crippen molar-refractivity contribution < 1.29 is 14.3 Å². The largest absolute Gasteiger partial charge is 0.454 e. The van der Waals surface area contributed by atoms with Crippen molar-refractivity contribution in [3.8, 4) is 22.6 Å². The number of hydrogen-bond acceptors (Lipinski definition) is 4. The third-order valence-corrected chi connectivity index (χ3v) is 5.22. The van der Waals surface area contributed by atoms with E-state index in [0.29, 0.717) is 18.7 Å². The molecule has 0 fully saturated rings. The highest BCUT2D eigenvalue weighted by molar-refractivity contribution is 9.10. The zero-order valence-corrected chi connectivity index (χ0v) is 17.2. The van der Waals surface area contributed by atoms with Crippen molar-refractivity contribution >= 4 is 27.7 Å². The lowest BCUT2D eigenvalue weighted by molar-refractivity contribution is -0.116. The molecule has 0 bridgehead atoms. The van der Waals surface area contributed by atoms with Crippen molar-refractivity contribution in [2.45, 2.75) is 19.8 Å². The molecule has 2 heterocycles. The van der Waals surface area contributed by atoms with Gasteiger partial charge in [0, 0.05) is 23.5 Å². The second kappa shape index (κ2) is 7.67. The minimum absolute atomic E-state index is 0.0565. The molecular weight excluding hydrogens is 422 g/mol. The van der Waals surface area contributed by atoms with E-state index < -0.39 is 0 Å². The van der Waals surface area contributed by atoms with Gasteiger partial charge in [0.25, 0.3) is 0 Å². The van der Waals surface area contributed by atoms with Gasteiger partial charge in [-0.3, -0.25) is 9.48 Å². The lowest BCUT2D eigenvalue weighted by Crippen LogP contribution is -2.15. The van der Waals surface area contributed by atoms with Crippen LogP contribution >= 0.6 is 15.9 Å². The van der Waals surface area contributed by atoms with E-state index in [1.807, 2.05) is 56.4 Å². The Bertz CT molecular complexity index is 1030. The average Bonchev–Trinajstić information content (AvgIpc) is 3.25. The monoisotopic (exact) mass is 441 g/mol. The highest BCUT2D eigenvalue weighted by Gasteiger charge is 2.18. The van der Waals surface area contributed by atoms with Crippen molar-refractivity contribution in [1.29, 1.82) is 0 Å². The predicted octanol–water partition coefficient (Wildman–Crippen LogP) is 4.46. The number of rotatable bonds is 5. The van der Waals surface area contributed by atoms with Crippen LogP contribution in [0, 0.1) is 6.92 Å². The van der Waals surface area contributed by atoms with E-state index in [0.717, 1.165) is 38.4 Å². The van der Waals surface area contributed by atoms with Gasteiger partial charge in [-0.15, -0.1) is 0 Å². The van der Waals surface area contributed by atoms with Gasteiger partial charge in [0.15, 0.2) is 11.5 Å². The van der Waals surface area contributed by atoms with Crippen LogP contribution in [0.2, 0.25) is 0 Å². The molecule has 144 valence electrons. The number of nitrogens with zero attached hydrogens (tertiary/aromatic N) is 2. The molecule has 0 aliphatic carbocycles. The van der Waals surface area contributed by atoms with Crippen LogP contribution in [0.3, 0.4) is 0 Å². The van der Waals surface area contributed by atoms with E-state index in [1.54, 1.807) is 4.68 Å². The van der Waals surface area contributed by atoms with E-state index in [1.165, 1.54) is 0 Å². The topological polar surface area (TPSA) is 65.4 Å². The molecule has 1 aliphatic heterocycles. The van der Waals surface area contributed by atoms with E-state index >= 15 is 0 Å². The summed E-state index contributed by atoms with van der Waals surface area (Å²) in [5.74, 6) is 2.13. The normalized spacial score (nSPS) is 12.2. The lowest BCUT2D eigenvalue weighted by atomic mass is 10.1. The Kier molecular flexibility index (Phi) is 5.09. The quantitative estimate of drug-likeness (QED) is 0.634. The van der Waals surface area contributed by atoms with Gasteiger partial charge >= 0.3 is 0 Å². The second-order valence-electron chi connectivity index (χ2n) is 6.68. The van der Waals surface area contributed by atoms with E-state index in [-0.39, 0.29) is 12.7 Å². The summed E-state index contributed by atoms with van der Waals surface area (Å²) >= 11 is 3.45. The van der Waals surface area contributed by atoms with Crippen molar-refractivity contribution in [3.63, 3.8) is 0 Å². The van der Waals surface area contributed by atoms with Crippen LogP contribution in [-0.2, 0) is 18.3 Å². The molecule has 7 heteroatoms. The number of amides is 1. The summed E-state index contributed by atoms with van der Waals surface area (Å²) in [6.45, 7) is 2.19. The van der Waals surface area contributed by atoms with Crippen LogP contribution in [0.5, 0.6) is 11.5 Å². The fourth-order valence-corrected chi connectivity index (χ4v) is 3.58. The highest BCUT2D eigenvalue weighted by Crippen LogP contribution is 2.33. The third-order valence-electron chi connectivity index (χ3n) is 4.69. The number of aromatic nitrogens is 2. The molecular formula is C21H20BrN3O3. The molecule has 0 saturated heterocycles. The molecule has 1 N–H and O–H groups in total. The van der Waals surface area contributed by atoms with Crippen LogP contribution in [-0.4, -0.2) is 22.5 Å². The van der Waals surface area contributed by atoms with Gasteiger partial charge in [0.05, 0.1) is 5.69 Å². The van der Waals surface area contributed by atoms with Gasteiger partial charge in [0.1, 0.15) is 5.82 Å². The first-order valence-electron chi connectivity index (χ1n) is 8.99. The summed E-state index contributed by atoms with van der Waals surface area (Å²) in [4.78, 5) is 12.6. The average molecular weight is 442 g/mol. The van der Waals surface area contributed by atoms with Gasteiger partial charge in [-0.25, -0.2) is 0 Å². The number of fused-ring (bicyclic) bond motifs is 1. The van der Waals surface area contributed by atoms with Crippen LogP contribution in [0.15, 0.2) is 46.9 Å². The Morgan fingerprint density at radius 2 is 1.93 bits per heavy atom. The zero-order chi connectivity index (χ0) is 19.7. The highest BCUT2D eigenvalue weighted by atomic mass is 79.9. The molecule has 0 atom stereocenters. The Labute approximate surface area is 171 Å². The first-order valence-corrected chi connectivity index (χ1v) is 9.78. The number of anilines is 1. The summed E-state index contributed by atoms with van der Waals surface area (Å²) in [6, 6.07) is 13.7. The standard InChI is InChI=1S/C21H20BrN3O3/c1-13-20(15-5-7-16(22)8-6-15)21(25(2)24-13)23-19(26)10-4-14-3-9-17-18(11-14)28-12-27-17/h3,5-9,11H,4,10,12H2,1-2H3,(H,23,26). The van der Waals surface area contributed by atoms with Crippen LogP contribution in [0.4, 0.5) is 5.82 Å². The molecule has 2 aromatic carbocycles. The van der Waals surface area contributed by atoms with E-state index in [9.17, 15) is 4.79 Å². The summed E-state index contributed by atoms with van der Waals surface area (Å²) in [5.41, 5.74) is 3.86. The van der Waals surface area contributed by atoms with Crippen molar-refractivity contribution in [1.82, 2.24) is 9.78 Å². The summed E-state index contributed by atoms with van der Waals surface area (Å²) in [7, 11) is 1.84. The SMILES string of the molecule is Cc1nn(C)c(NC(=O)CCc2ccc3c(c2)OCO3)c1-c1ccc(Br)cc1. The lowest BCUT2D eigenvalue weighted by Gasteiger charge is -2.10. The fraction of sp³-hybridized carbons (Fsp3) is 0.238. The van der Waals surface area contributed by atoms with Gasteiger partial charge in [-0.2, -0.15) is 5.10 Å². The predicted molar refractivity (Wildman–Crippen MR) is 111 cm³/mol. The van der Waals surface area contributed by atoms with Crippen LogP contribution in [0.25, 0.3) is 11.1 Å². The summed E-state index contributed by atoms with van der Waals surface area (Å²) < 4.78 is 13.4. The molecule has 0 saturated carbocycles. The molecule has 3 aromatic rings. The third kappa shape index (κ3) is 3.75. The number of halogens is 1. The molecule has 4 rings (SSSR count). The summed E-state index contributed by atoms with van der Waals surface area (Å²) in [5, 5.41) is 7.51. The molecule has 28 heavy (non-hydrogen) atoms. The van der Waals surface area contributed by atoms with Crippen molar-refractivity contribution in [3.05, 3.63) is 58.2 Å². The molecule has 6 nitrogen and oxygen atoms in total. The van der Waals surface area contributed by atoms with Crippen molar-refractivity contribution in [2.75, 3.05) is 12.1 Å². The fourth-order valence-electron chi connectivity index (χ4n) is 3.31. The van der Waals surface area contributed by atoms with Gasteiger partial charge < -0.3 is 14.8 Å². The number of carbonyl (C=O) groups is 1. The number of carbonyl (C=O) groups excluding carboxylic acids is 1. The Hall–Kier alpha value is -2.80. The molecule has 1 aromatic heterocycles. The zero-order valence-electron chi connectivity index (χ0n) is 15.7. The molecule has 0 unspecified atom stereocenters. The van der Waals surface area contributed by atoms with E-state index in [2.05, 4.69) is 26.3 Å². The first kappa shape index (κ1) is 18.6. The van der Waals surface area contributed by atoms with E-state index in [4.69, 9.17) is 9.47 Å². The van der Waals surface area contributed by atoms with Crippen molar-refractivity contribution in [2.24, 2.45) is 7.05 Å². The maximum Gasteiger partial charge on any atom is 0.231 e. The number of aryl methyl sites for hydroxylation is 3.